The Bertz CT molecular complexity index is 1070. The first-order valence-electron chi connectivity index (χ1n) is 8.19. The van der Waals surface area contributed by atoms with Gasteiger partial charge in [-0.05, 0) is 54.1 Å². The van der Waals surface area contributed by atoms with Crippen molar-refractivity contribution >= 4 is 23.2 Å². The fraction of sp³-hybridized carbons (Fsp3) is 0.105. The predicted octanol–water partition coefficient (Wildman–Crippen LogP) is 4.17. The van der Waals surface area contributed by atoms with Crippen LogP contribution in [-0.4, -0.2) is 22.2 Å². The van der Waals surface area contributed by atoms with Gasteiger partial charge in [-0.2, -0.15) is 0 Å². The van der Waals surface area contributed by atoms with E-state index < -0.39 is 23.6 Å². The molecule has 2 aromatic heterocycles. The lowest BCUT2D eigenvalue weighted by Gasteiger charge is -2.23. The SMILES string of the molecule is O=C(c1ccc[nH]c1=O)N(Cc1ccnc(Cl)c1)c1ccc(OC(F)(F)F)cc1. The van der Waals surface area contributed by atoms with Gasteiger partial charge in [-0.15, -0.1) is 13.2 Å². The lowest BCUT2D eigenvalue weighted by molar-refractivity contribution is -0.274. The number of nitrogens with zero attached hydrogens (tertiary/aromatic N) is 2. The zero-order valence-electron chi connectivity index (χ0n) is 14.6. The molecule has 150 valence electrons. The van der Waals surface area contributed by atoms with Crippen LogP contribution in [0.25, 0.3) is 0 Å². The summed E-state index contributed by atoms with van der Waals surface area (Å²) >= 11 is 5.89. The Balaban J connectivity index is 1.97. The van der Waals surface area contributed by atoms with E-state index in [0.717, 1.165) is 12.1 Å². The molecule has 0 spiro atoms. The number of H-pyrrole nitrogens is 1. The summed E-state index contributed by atoms with van der Waals surface area (Å²) in [4.78, 5) is 32.6. The maximum absolute atomic E-state index is 13.0. The molecule has 1 amide bonds. The number of benzene rings is 1. The van der Waals surface area contributed by atoms with Crippen molar-refractivity contribution in [2.24, 2.45) is 0 Å². The van der Waals surface area contributed by atoms with Gasteiger partial charge in [0, 0.05) is 18.1 Å². The quantitative estimate of drug-likeness (QED) is 0.625. The van der Waals surface area contributed by atoms with E-state index in [9.17, 15) is 22.8 Å². The summed E-state index contributed by atoms with van der Waals surface area (Å²) in [6.07, 6.45) is -1.99. The second-order valence-electron chi connectivity index (χ2n) is 5.83. The van der Waals surface area contributed by atoms with E-state index in [0.29, 0.717) is 5.56 Å². The van der Waals surface area contributed by atoms with Crippen molar-refractivity contribution in [2.75, 3.05) is 4.90 Å². The van der Waals surface area contributed by atoms with Gasteiger partial charge in [0.2, 0.25) is 0 Å². The number of ether oxygens (including phenoxy) is 1. The summed E-state index contributed by atoms with van der Waals surface area (Å²) in [6, 6.07) is 10.8. The number of hydrogen-bond acceptors (Lipinski definition) is 4. The summed E-state index contributed by atoms with van der Waals surface area (Å²) in [5.41, 5.74) is 0.164. The number of hydrogen-bond donors (Lipinski definition) is 1. The first-order chi connectivity index (χ1) is 13.7. The Hall–Kier alpha value is -3.33. The van der Waals surface area contributed by atoms with Gasteiger partial charge in [0.1, 0.15) is 16.5 Å². The highest BCUT2D eigenvalue weighted by Gasteiger charge is 2.31. The van der Waals surface area contributed by atoms with Crippen molar-refractivity contribution in [1.29, 1.82) is 0 Å². The molecule has 0 saturated carbocycles. The zero-order valence-corrected chi connectivity index (χ0v) is 15.4. The molecule has 2 heterocycles. The van der Waals surface area contributed by atoms with Crippen molar-refractivity contribution in [3.63, 3.8) is 0 Å². The molecule has 0 aliphatic rings. The van der Waals surface area contributed by atoms with Crippen molar-refractivity contribution in [3.05, 3.63) is 87.6 Å². The van der Waals surface area contributed by atoms with E-state index in [4.69, 9.17) is 11.6 Å². The highest BCUT2D eigenvalue weighted by molar-refractivity contribution is 6.29. The number of amides is 1. The second-order valence-corrected chi connectivity index (χ2v) is 6.22. The molecule has 0 unspecified atom stereocenters. The molecule has 1 N–H and O–H groups in total. The summed E-state index contributed by atoms with van der Waals surface area (Å²) < 4.78 is 41.0. The van der Waals surface area contributed by atoms with Crippen molar-refractivity contribution in [2.45, 2.75) is 12.9 Å². The summed E-state index contributed by atoms with van der Waals surface area (Å²) in [6.45, 7) is 0.00881. The molecule has 0 bridgehead atoms. The number of anilines is 1. The number of pyridine rings is 2. The molecule has 29 heavy (non-hydrogen) atoms. The highest BCUT2D eigenvalue weighted by atomic mass is 35.5. The average molecular weight is 424 g/mol. The molecule has 10 heteroatoms. The minimum atomic E-state index is -4.83. The molecule has 0 radical (unpaired) electrons. The minimum absolute atomic E-state index is 0.00881. The number of carbonyl (C=O) groups is 1. The zero-order chi connectivity index (χ0) is 21.0. The van der Waals surface area contributed by atoms with Crippen LogP contribution >= 0.6 is 11.6 Å². The van der Waals surface area contributed by atoms with E-state index >= 15 is 0 Å². The lowest BCUT2D eigenvalue weighted by Crippen LogP contribution is -2.34. The van der Waals surface area contributed by atoms with E-state index in [1.165, 1.54) is 47.6 Å². The maximum atomic E-state index is 13.0. The van der Waals surface area contributed by atoms with Crippen molar-refractivity contribution < 1.29 is 22.7 Å². The van der Waals surface area contributed by atoms with E-state index in [-0.39, 0.29) is 22.9 Å². The number of aromatic nitrogens is 2. The first kappa shape index (κ1) is 20.4. The van der Waals surface area contributed by atoms with Crippen LogP contribution in [-0.2, 0) is 6.54 Å². The molecule has 1 aromatic carbocycles. The summed E-state index contributed by atoms with van der Waals surface area (Å²) in [5.74, 6) is -1.07. The molecule has 0 aliphatic carbocycles. The molecular formula is C19H13ClF3N3O3. The smallest absolute Gasteiger partial charge is 0.406 e. The number of halogens is 4. The molecular weight excluding hydrogens is 411 g/mol. The van der Waals surface area contributed by atoms with Crippen LogP contribution in [0.5, 0.6) is 5.75 Å². The van der Waals surface area contributed by atoms with Crippen LogP contribution in [0.3, 0.4) is 0 Å². The predicted molar refractivity (Wildman–Crippen MR) is 99.9 cm³/mol. The van der Waals surface area contributed by atoms with Crippen molar-refractivity contribution in [3.8, 4) is 5.75 Å². The third-order valence-electron chi connectivity index (χ3n) is 3.81. The Morgan fingerprint density at radius 2 is 1.90 bits per heavy atom. The normalized spacial score (nSPS) is 11.2. The maximum Gasteiger partial charge on any atom is 0.573 e. The number of rotatable bonds is 5. The van der Waals surface area contributed by atoms with Gasteiger partial charge in [0.05, 0.1) is 6.54 Å². The topological polar surface area (TPSA) is 75.3 Å². The minimum Gasteiger partial charge on any atom is -0.406 e. The number of carbonyl (C=O) groups excluding carboxylic acids is 1. The summed E-state index contributed by atoms with van der Waals surface area (Å²) in [5, 5.41) is 0.210. The third-order valence-corrected chi connectivity index (χ3v) is 4.01. The van der Waals surface area contributed by atoms with Crippen LogP contribution in [0.15, 0.2) is 65.7 Å². The fourth-order valence-corrected chi connectivity index (χ4v) is 2.76. The van der Waals surface area contributed by atoms with Crippen LogP contribution in [0.4, 0.5) is 18.9 Å². The van der Waals surface area contributed by atoms with Gasteiger partial charge >= 0.3 is 6.36 Å². The van der Waals surface area contributed by atoms with Gasteiger partial charge in [0.15, 0.2) is 0 Å². The molecule has 0 saturated heterocycles. The highest BCUT2D eigenvalue weighted by Crippen LogP contribution is 2.27. The number of nitrogens with one attached hydrogen (secondary N) is 1. The molecule has 3 aromatic rings. The van der Waals surface area contributed by atoms with Gasteiger partial charge in [-0.3, -0.25) is 9.59 Å². The standard InChI is InChI=1S/C19H13ClF3N3O3/c20-16-10-12(7-9-24-16)11-26(18(28)15-2-1-8-25-17(15)27)13-3-5-14(6-4-13)29-19(21,22)23/h1-10H,11H2,(H,25,27). The number of aromatic amines is 1. The summed E-state index contributed by atoms with van der Waals surface area (Å²) in [7, 11) is 0. The van der Waals surface area contributed by atoms with E-state index in [2.05, 4.69) is 14.7 Å². The Kier molecular flexibility index (Phi) is 5.88. The largest absolute Gasteiger partial charge is 0.573 e. The van der Waals surface area contributed by atoms with Crippen LogP contribution in [0.1, 0.15) is 15.9 Å². The monoisotopic (exact) mass is 423 g/mol. The molecule has 3 rings (SSSR count). The second kappa shape index (κ2) is 8.36. The van der Waals surface area contributed by atoms with Gasteiger partial charge in [0.25, 0.3) is 11.5 Å². The average Bonchev–Trinajstić information content (AvgIpc) is 2.66. The van der Waals surface area contributed by atoms with E-state index in [1.54, 1.807) is 6.07 Å². The van der Waals surface area contributed by atoms with Crippen molar-refractivity contribution in [1.82, 2.24) is 9.97 Å². The third kappa shape index (κ3) is 5.35. The Labute approximate surface area is 167 Å². The molecule has 0 aliphatic heterocycles. The molecule has 0 fully saturated rings. The molecule has 6 nitrogen and oxygen atoms in total. The number of alkyl halides is 3. The fourth-order valence-electron chi connectivity index (χ4n) is 2.57. The Morgan fingerprint density at radius 3 is 2.52 bits per heavy atom. The lowest BCUT2D eigenvalue weighted by atomic mass is 10.1. The van der Waals surface area contributed by atoms with Crippen LogP contribution in [0.2, 0.25) is 5.15 Å². The van der Waals surface area contributed by atoms with E-state index in [1.807, 2.05) is 0 Å². The van der Waals surface area contributed by atoms with Gasteiger partial charge in [-0.25, -0.2) is 4.98 Å². The first-order valence-corrected chi connectivity index (χ1v) is 8.56. The van der Waals surface area contributed by atoms with Crippen LogP contribution in [0, 0.1) is 0 Å². The van der Waals surface area contributed by atoms with Gasteiger partial charge in [-0.1, -0.05) is 11.6 Å². The van der Waals surface area contributed by atoms with Gasteiger partial charge < -0.3 is 14.6 Å². The van der Waals surface area contributed by atoms with Crippen LogP contribution < -0.4 is 15.2 Å². The Morgan fingerprint density at radius 1 is 1.17 bits per heavy atom. The molecule has 0 atom stereocenters.